The maximum Gasteiger partial charge on any atom is 0.358 e. The minimum Gasteiger partial charge on any atom is -0.461 e. The second-order valence-electron chi connectivity index (χ2n) is 3.26. The molecule has 0 amide bonds. The van der Waals surface area contributed by atoms with E-state index in [1.54, 1.807) is 24.6 Å². The minimum atomic E-state index is -0.399. The van der Waals surface area contributed by atoms with E-state index < -0.39 is 5.97 Å². The molecule has 17 heavy (non-hydrogen) atoms. The van der Waals surface area contributed by atoms with Crippen LogP contribution in [-0.4, -0.2) is 17.6 Å². The highest BCUT2D eigenvalue weighted by atomic mass is 35.5. The predicted octanol–water partition coefficient (Wildman–Crippen LogP) is 3.64. The number of benzene rings is 1. The van der Waals surface area contributed by atoms with Gasteiger partial charge < -0.3 is 4.74 Å². The molecule has 88 valence electrons. The zero-order chi connectivity index (χ0) is 12.3. The molecule has 0 aliphatic carbocycles. The molecule has 0 fully saturated rings. The van der Waals surface area contributed by atoms with Gasteiger partial charge in [0, 0.05) is 5.02 Å². The Morgan fingerprint density at radius 2 is 2.35 bits per heavy atom. The number of aromatic nitrogens is 1. The number of nitrogens with zero attached hydrogens (tertiary/aromatic N) is 1. The Kier molecular flexibility index (Phi) is 3.76. The van der Waals surface area contributed by atoms with E-state index in [2.05, 4.69) is 4.98 Å². The van der Waals surface area contributed by atoms with Crippen LogP contribution in [0, 0.1) is 0 Å². The lowest BCUT2D eigenvalue weighted by Gasteiger charge is -2.02. The normalized spacial score (nSPS) is 10.2. The molecule has 3 nitrogen and oxygen atoms in total. The molecule has 0 bridgehead atoms. The van der Waals surface area contributed by atoms with E-state index in [-0.39, 0.29) is 0 Å². The third kappa shape index (κ3) is 2.65. The number of carbonyl (C=O) groups is 1. The van der Waals surface area contributed by atoms with Gasteiger partial charge in [-0.3, -0.25) is 0 Å². The number of hydrogen-bond donors (Lipinski definition) is 0. The summed E-state index contributed by atoms with van der Waals surface area (Å²) in [4.78, 5) is 16.5. The summed E-state index contributed by atoms with van der Waals surface area (Å²) in [6.45, 7) is 2.11. The summed E-state index contributed by atoms with van der Waals surface area (Å²) in [6.07, 6.45) is 0. The highest BCUT2D eigenvalue weighted by Gasteiger charge is 2.17. The first-order chi connectivity index (χ1) is 8.22. The van der Waals surface area contributed by atoms with Gasteiger partial charge in [0.15, 0.2) is 5.69 Å². The molecule has 5 heteroatoms. The van der Waals surface area contributed by atoms with Crippen LogP contribution >= 0.6 is 22.9 Å². The molecule has 2 aromatic rings. The molecule has 0 atom stereocenters. The third-order valence-corrected chi connectivity index (χ3v) is 3.23. The van der Waals surface area contributed by atoms with Crippen molar-refractivity contribution in [2.75, 3.05) is 6.61 Å². The zero-order valence-corrected chi connectivity index (χ0v) is 10.7. The van der Waals surface area contributed by atoms with Crippen LogP contribution in [0.5, 0.6) is 0 Å². The topological polar surface area (TPSA) is 39.2 Å². The molecular weight excluding hydrogens is 258 g/mol. The van der Waals surface area contributed by atoms with Gasteiger partial charge in [-0.1, -0.05) is 23.7 Å². The second-order valence-corrected chi connectivity index (χ2v) is 4.55. The van der Waals surface area contributed by atoms with E-state index >= 15 is 0 Å². The van der Waals surface area contributed by atoms with Crippen LogP contribution in [-0.2, 0) is 4.74 Å². The smallest absolute Gasteiger partial charge is 0.358 e. The van der Waals surface area contributed by atoms with Gasteiger partial charge in [-0.05, 0) is 24.6 Å². The third-order valence-electron chi connectivity index (χ3n) is 2.12. The number of esters is 1. The van der Waals surface area contributed by atoms with Crippen molar-refractivity contribution >= 4 is 28.9 Å². The van der Waals surface area contributed by atoms with Crippen molar-refractivity contribution in [3.8, 4) is 10.4 Å². The molecule has 0 unspecified atom stereocenters. The lowest BCUT2D eigenvalue weighted by Crippen LogP contribution is -2.06. The quantitative estimate of drug-likeness (QED) is 0.797. The maximum absolute atomic E-state index is 11.7. The van der Waals surface area contributed by atoms with Crippen LogP contribution in [0.15, 0.2) is 29.8 Å². The van der Waals surface area contributed by atoms with Gasteiger partial charge in [0.1, 0.15) is 0 Å². The first-order valence-electron chi connectivity index (χ1n) is 5.09. The second kappa shape index (κ2) is 5.29. The Hall–Kier alpha value is -1.39. The van der Waals surface area contributed by atoms with Gasteiger partial charge in [-0.15, -0.1) is 11.3 Å². The fourth-order valence-corrected chi connectivity index (χ4v) is 2.39. The zero-order valence-electron chi connectivity index (χ0n) is 9.14. The van der Waals surface area contributed by atoms with E-state index in [0.29, 0.717) is 17.3 Å². The molecule has 0 saturated heterocycles. The van der Waals surface area contributed by atoms with Crippen molar-refractivity contribution in [3.63, 3.8) is 0 Å². The van der Waals surface area contributed by atoms with Crippen molar-refractivity contribution < 1.29 is 9.53 Å². The van der Waals surface area contributed by atoms with E-state index in [4.69, 9.17) is 16.3 Å². The summed E-state index contributed by atoms with van der Waals surface area (Å²) in [7, 11) is 0. The average molecular weight is 268 g/mol. The summed E-state index contributed by atoms with van der Waals surface area (Å²) in [5, 5.41) is 0.630. The fourth-order valence-electron chi connectivity index (χ4n) is 1.43. The van der Waals surface area contributed by atoms with Crippen LogP contribution in [0.3, 0.4) is 0 Å². The largest absolute Gasteiger partial charge is 0.461 e. The van der Waals surface area contributed by atoms with Crippen LogP contribution in [0.4, 0.5) is 0 Å². The Morgan fingerprint density at radius 1 is 1.53 bits per heavy atom. The van der Waals surface area contributed by atoms with Gasteiger partial charge in [-0.25, -0.2) is 9.78 Å². The van der Waals surface area contributed by atoms with Gasteiger partial charge >= 0.3 is 5.97 Å². The van der Waals surface area contributed by atoms with Crippen molar-refractivity contribution in [2.24, 2.45) is 0 Å². The Balaban J connectivity index is 2.40. The molecule has 1 heterocycles. The fraction of sp³-hybridized carbons (Fsp3) is 0.167. The number of hydrogen-bond acceptors (Lipinski definition) is 4. The van der Waals surface area contributed by atoms with Gasteiger partial charge in [0.25, 0.3) is 0 Å². The summed E-state index contributed by atoms with van der Waals surface area (Å²) < 4.78 is 4.95. The van der Waals surface area contributed by atoms with Crippen molar-refractivity contribution in [3.05, 3.63) is 40.5 Å². The van der Waals surface area contributed by atoms with Gasteiger partial charge in [0.2, 0.25) is 0 Å². The number of halogens is 1. The average Bonchev–Trinajstić information content (AvgIpc) is 2.78. The summed E-state index contributed by atoms with van der Waals surface area (Å²) >= 11 is 7.32. The van der Waals surface area contributed by atoms with Crippen LogP contribution in [0.2, 0.25) is 5.02 Å². The Morgan fingerprint density at radius 3 is 3.06 bits per heavy atom. The van der Waals surface area contributed by atoms with Gasteiger partial charge in [-0.2, -0.15) is 0 Å². The monoisotopic (exact) mass is 267 g/mol. The van der Waals surface area contributed by atoms with E-state index in [1.165, 1.54) is 11.3 Å². The predicted molar refractivity (Wildman–Crippen MR) is 68.5 cm³/mol. The van der Waals surface area contributed by atoms with Crippen LogP contribution in [0.25, 0.3) is 10.4 Å². The molecule has 0 radical (unpaired) electrons. The van der Waals surface area contributed by atoms with Crippen LogP contribution < -0.4 is 0 Å². The lowest BCUT2D eigenvalue weighted by atomic mass is 10.1. The summed E-state index contributed by atoms with van der Waals surface area (Å²) in [5.41, 5.74) is 2.85. The maximum atomic E-state index is 11.7. The molecule has 2 rings (SSSR count). The lowest BCUT2D eigenvalue weighted by molar-refractivity contribution is 0.0521. The first kappa shape index (κ1) is 12.1. The Labute approximate surface area is 108 Å². The molecule has 0 aliphatic heterocycles. The van der Waals surface area contributed by atoms with E-state index in [1.807, 2.05) is 12.1 Å². The minimum absolute atomic E-state index is 0.339. The number of ether oxygens (including phenoxy) is 1. The molecule has 0 saturated carbocycles. The van der Waals surface area contributed by atoms with Crippen molar-refractivity contribution in [1.29, 1.82) is 0 Å². The number of thiazole rings is 1. The van der Waals surface area contributed by atoms with Gasteiger partial charge in [0.05, 0.1) is 17.0 Å². The summed E-state index contributed by atoms with van der Waals surface area (Å²) in [6, 6.07) is 7.32. The van der Waals surface area contributed by atoms with E-state index in [0.717, 1.165) is 10.4 Å². The molecular formula is C12H10ClNO2S. The Bertz CT molecular complexity index is 539. The van der Waals surface area contributed by atoms with Crippen molar-refractivity contribution in [2.45, 2.75) is 6.92 Å². The standard InChI is InChI=1S/C12H10ClNO2S/c1-2-16-12(15)10-11(17-7-14-10)8-4-3-5-9(13)6-8/h3-7H,2H2,1H3. The molecule has 1 aromatic carbocycles. The molecule has 0 N–H and O–H groups in total. The van der Waals surface area contributed by atoms with Crippen molar-refractivity contribution in [1.82, 2.24) is 4.98 Å². The SMILES string of the molecule is CCOC(=O)c1ncsc1-c1cccc(Cl)c1. The molecule has 1 aromatic heterocycles. The molecule has 0 aliphatic rings. The number of rotatable bonds is 3. The van der Waals surface area contributed by atoms with Crippen LogP contribution in [0.1, 0.15) is 17.4 Å². The van der Waals surface area contributed by atoms with E-state index in [9.17, 15) is 4.79 Å². The highest BCUT2D eigenvalue weighted by molar-refractivity contribution is 7.13. The highest BCUT2D eigenvalue weighted by Crippen LogP contribution is 2.29. The molecule has 0 spiro atoms. The summed E-state index contributed by atoms with van der Waals surface area (Å²) in [5.74, 6) is -0.399. The number of carbonyl (C=O) groups excluding carboxylic acids is 1. The first-order valence-corrected chi connectivity index (χ1v) is 6.34.